The van der Waals surface area contributed by atoms with Crippen LogP contribution in [-0.2, 0) is 16.3 Å². The van der Waals surface area contributed by atoms with Crippen LogP contribution in [0, 0.1) is 154 Å². The van der Waals surface area contributed by atoms with Crippen LogP contribution in [0.15, 0.2) is 47.4 Å². The number of unbranched alkanes of at least 4 members (excludes halogenated alkanes) is 2. The van der Waals surface area contributed by atoms with Crippen LogP contribution in [-0.4, -0.2) is 24.4 Å². The summed E-state index contributed by atoms with van der Waals surface area (Å²) in [5.41, 5.74) is 1.74. The van der Waals surface area contributed by atoms with Crippen molar-refractivity contribution < 1.29 is 48.8 Å². The number of benzene rings is 2. The lowest BCUT2D eigenvalue weighted by atomic mass is 9.81. The number of aldehydes is 1. The third kappa shape index (κ3) is 28.5. The van der Waals surface area contributed by atoms with Gasteiger partial charge < -0.3 is 9.53 Å². The molecule has 0 aliphatic carbocycles. The molecule has 2 rings (SSSR count). The van der Waals surface area contributed by atoms with Crippen molar-refractivity contribution >= 4 is 31.5 Å². The number of methoxy groups -OCH3 is 1. The highest BCUT2D eigenvalue weighted by Crippen LogP contribution is 2.37. The summed E-state index contributed by atoms with van der Waals surface area (Å²) >= 11 is 1.69. The molecule has 0 aliphatic rings. The summed E-state index contributed by atoms with van der Waals surface area (Å²) in [4.78, 5) is 13.1. The molecule has 0 saturated heterocycles. The largest absolute Gasteiger partial charge is 0.497 e. The van der Waals surface area contributed by atoms with Gasteiger partial charge in [-0.1, -0.05) is 57.6 Å². The average molecular weight is 835 g/mol. The van der Waals surface area contributed by atoms with E-state index < -0.39 is 0 Å². The predicted molar refractivity (Wildman–Crippen MR) is 265 cm³/mol. The number of hydrogen-bond donors (Lipinski definition) is 1. The quantitative estimate of drug-likeness (QED) is 0.0716. The van der Waals surface area contributed by atoms with Crippen molar-refractivity contribution in [2.75, 3.05) is 12.9 Å². The maximum atomic E-state index is 14.0. The van der Waals surface area contributed by atoms with Crippen molar-refractivity contribution in [2.24, 2.45) is 5.41 Å². The monoisotopic (exact) mass is 834 g/mol. The first-order chi connectivity index (χ1) is 27.9. The van der Waals surface area contributed by atoms with Crippen molar-refractivity contribution in [1.29, 1.82) is 0 Å². The molecule has 0 fully saturated rings. The smallest absolute Gasteiger partial charge is 0.126 e. The molecule has 58 heavy (non-hydrogen) atoms. The van der Waals surface area contributed by atoms with Crippen molar-refractivity contribution in [1.82, 2.24) is 0 Å². The lowest BCUT2D eigenvalue weighted by Crippen LogP contribution is -2.26. The summed E-state index contributed by atoms with van der Waals surface area (Å²) in [6, 6.07) is 12.8. The first-order valence-corrected chi connectivity index (χ1v) is 18.2. The van der Waals surface area contributed by atoms with E-state index in [-0.39, 0.29) is 44.7 Å². The van der Waals surface area contributed by atoms with Gasteiger partial charge in [-0.2, -0.15) is 13.5 Å². The number of terminal acetylenes is 1. The Morgan fingerprint density at radius 1 is 0.759 bits per heavy atom. The highest BCUT2D eigenvalue weighted by molar-refractivity contribution is 7.99. The zero-order valence-electron chi connectivity index (χ0n) is 32.7. The van der Waals surface area contributed by atoms with Gasteiger partial charge in [0.05, 0.1) is 7.11 Å². The number of ether oxygens (including phenoxy) is 1. The van der Waals surface area contributed by atoms with Crippen molar-refractivity contribution in [3.8, 4) is 148 Å². The second-order valence-corrected chi connectivity index (χ2v) is 11.9. The molecule has 0 bridgehead atoms. The van der Waals surface area contributed by atoms with Gasteiger partial charge in [-0.3, -0.25) is 0 Å². The van der Waals surface area contributed by atoms with Crippen LogP contribution < -0.4 is 4.74 Å². The normalized spacial score (nSPS) is 7.69. The third-order valence-corrected chi connectivity index (χ3v) is 8.25. The Bertz CT molecular complexity index is 2430. The molecule has 0 radical (unpaired) electrons. The molecular weight excluding hydrogens is 767 g/mol. The fourth-order valence-electron chi connectivity index (χ4n) is 4.22. The predicted octanol–water partition coefficient (Wildman–Crippen LogP) is 11.7. The van der Waals surface area contributed by atoms with Crippen LogP contribution in [0.3, 0.4) is 0 Å². The average Bonchev–Trinajstić information content (AvgIpc) is 3.22. The molecule has 0 saturated carbocycles. The topological polar surface area (TPSA) is 55.8 Å². The van der Waals surface area contributed by atoms with E-state index in [2.05, 4.69) is 150 Å². The Labute approximate surface area is 376 Å². The molecule has 0 amide bonds. The van der Waals surface area contributed by atoms with Gasteiger partial charge >= 0.3 is 0 Å². The number of carbonyl (C=O) groups excluding carboxylic acids is 1. The minimum absolute atomic E-state index is 0. The van der Waals surface area contributed by atoms with E-state index in [1.54, 1.807) is 37.0 Å². The summed E-state index contributed by atoms with van der Waals surface area (Å²) in [5.74, 6) is 58.2. The van der Waals surface area contributed by atoms with Gasteiger partial charge in [0.25, 0.3) is 0 Å². The van der Waals surface area contributed by atoms with Crippen LogP contribution in [0.2, 0.25) is 0 Å². The molecule has 0 aliphatic heterocycles. The van der Waals surface area contributed by atoms with Gasteiger partial charge in [-0.25, -0.2) is 9.65 Å². The van der Waals surface area contributed by atoms with Gasteiger partial charge in [0, 0.05) is 71.6 Å². The Balaban J connectivity index is -0.0000000495. The second kappa shape index (κ2) is 38.4. The second-order valence-electron chi connectivity index (χ2n) is 10.8. The molecule has 0 heterocycles. The van der Waals surface area contributed by atoms with Gasteiger partial charge in [0.15, 0.2) is 0 Å². The number of thioether (sulfide) groups is 1. The maximum Gasteiger partial charge on any atom is 0.126 e. The number of hydrogen-bond acceptors (Lipinski definition) is 5. The summed E-state index contributed by atoms with van der Waals surface area (Å²) in [6.45, 7) is 6.02. The van der Waals surface area contributed by atoms with Gasteiger partial charge in [0.1, 0.15) is 17.9 Å². The first kappa shape index (κ1) is 53.2. The SMILES string of the molecule is C#CC#CC#CC#CC#CC#CC#CC#CC#CC#CC#CC#CC.CCCCC(C=O)(CCCC)CSc1ccc(F)cc1Cc1cccc(OC)c1.OOF.S.[HH].[HH].[HH].[HH].[HH].[HH].[HH].[HH].[HH].[HH].[HH].[HH].[HH].[HH]. The maximum absolute atomic E-state index is 14.0. The molecule has 8 heteroatoms. The van der Waals surface area contributed by atoms with Crippen LogP contribution >= 0.6 is 25.3 Å². The minimum Gasteiger partial charge on any atom is -0.497 e. The summed E-state index contributed by atoms with van der Waals surface area (Å²) < 4.78 is 28.6. The van der Waals surface area contributed by atoms with Crippen LogP contribution in [0.5, 0.6) is 5.75 Å². The zero-order valence-corrected chi connectivity index (χ0v) is 34.5. The van der Waals surface area contributed by atoms with E-state index >= 15 is 0 Å². The van der Waals surface area contributed by atoms with Crippen molar-refractivity contribution in [3.05, 3.63) is 59.4 Å². The van der Waals surface area contributed by atoms with E-state index in [1.165, 1.54) is 12.4 Å². The van der Waals surface area contributed by atoms with E-state index in [0.29, 0.717) is 6.42 Å². The Kier molecular flexibility index (Phi) is 35.2. The van der Waals surface area contributed by atoms with E-state index in [1.807, 2.05) is 30.3 Å². The summed E-state index contributed by atoms with van der Waals surface area (Å²) in [5, 5.41) is 8.15. The molecule has 0 spiro atoms. The van der Waals surface area contributed by atoms with Crippen molar-refractivity contribution in [2.45, 2.75) is 70.6 Å². The molecule has 0 aromatic heterocycles. The van der Waals surface area contributed by atoms with Crippen LogP contribution in [0.4, 0.5) is 8.92 Å². The fourth-order valence-corrected chi connectivity index (χ4v) is 5.50. The van der Waals surface area contributed by atoms with Gasteiger partial charge in [-0.05, 0) is 172 Å². The molecule has 2 aromatic carbocycles. The Morgan fingerprint density at radius 2 is 1.21 bits per heavy atom. The van der Waals surface area contributed by atoms with E-state index in [4.69, 9.17) is 16.4 Å². The molecule has 2 aromatic rings. The van der Waals surface area contributed by atoms with Crippen molar-refractivity contribution in [3.63, 3.8) is 0 Å². The van der Waals surface area contributed by atoms with Crippen LogP contribution in [0.25, 0.3) is 0 Å². The zero-order chi connectivity index (χ0) is 42.1. The third-order valence-electron chi connectivity index (χ3n) is 6.82. The van der Waals surface area contributed by atoms with Crippen LogP contribution in [0.1, 0.15) is 90.4 Å². The standard InChI is InChI=1S/C25H33FO2S.C25H4.FHO2.H2S.14H2/c1-4-6-13-25(18-27,14-7-5-2)19-29-24-12-11-22(26)17-21(24)15-20-9-8-10-23(16-20)28-3;1-3-5-7-9-11-13-15-17-19-21-23-25-24-22-20-18-16-14-12-10-8-6-4-2;1-3-2;;;;;;;;;;;;;;;/h8-12,16-18H,4-7,13-15,19H2,1-3H3;1H,2H3;2H;1H2;14*1H. The lowest BCUT2D eigenvalue weighted by molar-refractivity contribution is -0.397. The molecule has 4 nitrogen and oxygen atoms in total. The highest BCUT2D eigenvalue weighted by Gasteiger charge is 2.29. The number of rotatable bonds is 13. The summed E-state index contributed by atoms with van der Waals surface area (Å²) in [6.07, 6.45) is 12.9. The Morgan fingerprint density at radius 3 is 1.60 bits per heavy atom. The van der Waals surface area contributed by atoms with E-state index in [0.717, 1.165) is 66.0 Å². The number of carbonyl (C=O) groups is 1. The minimum atomic E-state index is -0.293. The van der Waals surface area contributed by atoms with Gasteiger partial charge in [0.2, 0.25) is 0 Å². The molecule has 1 N–H and O–H groups in total. The first-order valence-electron chi connectivity index (χ1n) is 17.2. The van der Waals surface area contributed by atoms with E-state index in [9.17, 15) is 13.7 Å². The molecule has 0 unspecified atom stereocenters. The fraction of sp³-hybridized carbons (Fsp3) is 0.260. The molecule has 318 valence electrons. The summed E-state index contributed by atoms with van der Waals surface area (Å²) in [7, 11) is 1.65. The number of halogens is 2. The molecular formula is C50H68F2O4S2. The molecule has 0 atom stereocenters. The highest BCUT2D eigenvalue weighted by atomic mass is 32.2. The lowest BCUT2D eigenvalue weighted by Gasteiger charge is -2.28. The Hall–Kier alpha value is -6.89. The van der Waals surface area contributed by atoms with Gasteiger partial charge in [-0.15, -0.1) is 18.2 Å².